The van der Waals surface area contributed by atoms with E-state index in [1.165, 1.54) is 24.3 Å². The van der Waals surface area contributed by atoms with Crippen LogP contribution in [0.5, 0.6) is 5.75 Å². The zero-order valence-electron chi connectivity index (χ0n) is 13.7. The van der Waals surface area contributed by atoms with Crippen molar-refractivity contribution in [3.05, 3.63) is 34.4 Å². The molecule has 0 fully saturated rings. The second-order valence-electron chi connectivity index (χ2n) is 5.40. The number of hydrogen-bond acceptors (Lipinski definition) is 7. The molecule has 0 spiro atoms. The van der Waals surface area contributed by atoms with E-state index in [1.54, 1.807) is 0 Å². The molecule has 0 bridgehead atoms. The Balaban J connectivity index is 2.15. The van der Waals surface area contributed by atoms with E-state index >= 15 is 0 Å². The summed E-state index contributed by atoms with van der Waals surface area (Å²) in [4.78, 5) is 32.8. The number of nitrogens with zero attached hydrogens (tertiary/aromatic N) is 1. The van der Waals surface area contributed by atoms with Gasteiger partial charge in [-0.05, 0) is 18.1 Å². The van der Waals surface area contributed by atoms with Gasteiger partial charge in [0.1, 0.15) is 19.0 Å². The molecule has 132 valence electrons. The number of rotatable bonds is 10. The minimum atomic E-state index is -0.510. The molecule has 0 heterocycles. The van der Waals surface area contributed by atoms with Gasteiger partial charge in [0.25, 0.3) is 5.69 Å². The highest BCUT2D eigenvalue weighted by atomic mass is 16.6. The highest BCUT2D eigenvalue weighted by molar-refractivity contribution is 5.77. The van der Waals surface area contributed by atoms with Crippen LogP contribution in [0.15, 0.2) is 24.3 Å². The van der Waals surface area contributed by atoms with Gasteiger partial charge in [-0.1, -0.05) is 13.8 Å². The highest BCUT2D eigenvalue weighted by Gasteiger charge is 2.10. The van der Waals surface area contributed by atoms with E-state index in [0.29, 0.717) is 12.4 Å². The quantitative estimate of drug-likeness (QED) is 0.279. The van der Waals surface area contributed by atoms with E-state index in [2.05, 4.69) is 0 Å². The fourth-order valence-electron chi connectivity index (χ4n) is 1.59. The average Bonchev–Trinajstić information content (AvgIpc) is 2.55. The first-order chi connectivity index (χ1) is 11.4. The number of ether oxygens (including phenoxy) is 3. The molecule has 0 aliphatic carbocycles. The summed E-state index contributed by atoms with van der Waals surface area (Å²) in [5.74, 6) is -0.252. The standard InChI is InChI=1S/C16H21NO7/c1-12(2)11-24-16(19)8-7-15(18)23-10-9-22-14-5-3-13(4-6-14)17(20)21/h3-6,12H,7-11H2,1-2H3. The van der Waals surface area contributed by atoms with Crippen molar-refractivity contribution in [2.24, 2.45) is 5.92 Å². The molecule has 0 amide bonds. The maximum atomic E-state index is 11.5. The zero-order chi connectivity index (χ0) is 17.9. The van der Waals surface area contributed by atoms with Crippen LogP contribution < -0.4 is 4.74 Å². The van der Waals surface area contributed by atoms with Crippen LogP contribution in [0.2, 0.25) is 0 Å². The molecule has 0 radical (unpaired) electrons. The predicted molar refractivity (Wildman–Crippen MR) is 84.6 cm³/mol. The molecule has 0 unspecified atom stereocenters. The summed E-state index contributed by atoms with van der Waals surface area (Å²) >= 11 is 0. The molecule has 1 aromatic carbocycles. The molecule has 0 saturated carbocycles. The van der Waals surface area contributed by atoms with Crippen molar-refractivity contribution < 1.29 is 28.7 Å². The Morgan fingerprint density at radius 3 is 2.17 bits per heavy atom. The number of non-ortho nitro benzene ring substituents is 1. The van der Waals surface area contributed by atoms with E-state index in [4.69, 9.17) is 14.2 Å². The molecule has 0 atom stereocenters. The Bertz CT molecular complexity index is 554. The molecule has 8 heteroatoms. The summed E-state index contributed by atoms with van der Waals surface area (Å²) in [6.45, 7) is 4.31. The highest BCUT2D eigenvalue weighted by Crippen LogP contribution is 2.17. The fraction of sp³-hybridized carbons (Fsp3) is 0.500. The number of esters is 2. The molecule has 1 aromatic rings. The second-order valence-corrected chi connectivity index (χ2v) is 5.40. The maximum Gasteiger partial charge on any atom is 0.306 e. The van der Waals surface area contributed by atoms with Crippen molar-refractivity contribution in [3.63, 3.8) is 0 Å². The first kappa shape index (κ1) is 19.4. The monoisotopic (exact) mass is 339 g/mol. The van der Waals surface area contributed by atoms with Crippen LogP contribution in [0.3, 0.4) is 0 Å². The van der Waals surface area contributed by atoms with Crippen LogP contribution in [0.1, 0.15) is 26.7 Å². The van der Waals surface area contributed by atoms with Crippen LogP contribution >= 0.6 is 0 Å². The third-order valence-corrected chi connectivity index (χ3v) is 2.77. The van der Waals surface area contributed by atoms with Gasteiger partial charge in [0.2, 0.25) is 0 Å². The maximum absolute atomic E-state index is 11.5. The van der Waals surface area contributed by atoms with Crippen LogP contribution in [-0.4, -0.2) is 36.7 Å². The summed E-state index contributed by atoms with van der Waals surface area (Å²) in [5, 5.41) is 10.5. The Morgan fingerprint density at radius 1 is 1.04 bits per heavy atom. The molecular weight excluding hydrogens is 318 g/mol. The summed E-state index contributed by atoms with van der Waals surface area (Å²) < 4.78 is 15.2. The van der Waals surface area contributed by atoms with E-state index in [0.717, 1.165) is 0 Å². The minimum Gasteiger partial charge on any atom is -0.490 e. The van der Waals surface area contributed by atoms with Gasteiger partial charge < -0.3 is 14.2 Å². The molecular formula is C16H21NO7. The fourth-order valence-corrected chi connectivity index (χ4v) is 1.59. The van der Waals surface area contributed by atoms with Gasteiger partial charge >= 0.3 is 11.9 Å². The summed E-state index contributed by atoms with van der Waals surface area (Å²) in [5.41, 5.74) is -0.0295. The molecule has 0 aromatic heterocycles. The normalized spacial score (nSPS) is 10.3. The first-order valence-electron chi connectivity index (χ1n) is 7.57. The Hall–Kier alpha value is -2.64. The number of nitro groups is 1. The number of benzene rings is 1. The lowest BCUT2D eigenvalue weighted by Gasteiger charge is -2.08. The van der Waals surface area contributed by atoms with Gasteiger partial charge in [-0.2, -0.15) is 0 Å². The van der Waals surface area contributed by atoms with Gasteiger partial charge in [-0.25, -0.2) is 0 Å². The van der Waals surface area contributed by atoms with Crippen molar-refractivity contribution in [1.29, 1.82) is 0 Å². The second kappa shape index (κ2) is 10.2. The van der Waals surface area contributed by atoms with E-state index in [-0.39, 0.29) is 37.7 Å². The van der Waals surface area contributed by atoms with Crippen molar-refractivity contribution in [2.75, 3.05) is 19.8 Å². The molecule has 8 nitrogen and oxygen atoms in total. The van der Waals surface area contributed by atoms with Crippen LogP contribution in [0.25, 0.3) is 0 Å². The number of carbonyl (C=O) groups is 2. The largest absolute Gasteiger partial charge is 0.490 e. The van der Waals surface area contributed by atoms with Crippen molar-refractivity contribution >= 4 is 17.6 Å². The van der Waals surface area contributed by atoms with Gasteiger partial charge in [0.05, 0.1) is 24.4 Å². The smallest absolute Gasteiger partial charge is 0.306 e. The predicted octanol–water partition coefficient (Wildman–Crippen LogP) is 2.50. The van der Waals surface area contributed by atoms with E-state index in [1.807, 2.05) is 13.8 Å². The molecule has 0 aliphatic heterocycles. The van der Waals surface area contributed by atoms with Crippen molar-refractivity contribution in [1.82, 2.24) is 0 Å². The molecule has 24 heavy (non-hydrogen) atoms. The van der Waals surface area contributed by atoms with Gasteiger partial charge in [-0.15, -0.1) is 0 Å². The number of carbonyl (C=O) groups excluding carboxylic acids is 2. The topological polar surface area (TPSA) is 105 Å². The average molecular weight is 339 g/mol. The lowest BCUT2D eigenvalue weighted by molar-refractivity contribution is -0.384. The van der Waals surface area contributed by atoms with Crippen LogP contribution in [0.4, 0.5) is 5.69 Å². The summed E-state index contributed by atoms with van der Waals surface area (Å²) in [6.07, 6.45) is -0.0662. The van der Waals surface area contributed by atoms with Crippen molar-refractivity contribution in [2.45, 2.75) is 26.7 Å². The molecule has 0 aliphatic rings. The lowest BCUT2D eigenvalue weighted by atomic mass is 10.2. The molecule has 1 rings (SSSR count). The Kier molecular flexibility index (Phi) is 8.24. The van der Waals surface area contributed by atoms with Crippen molar-refractivity contribution in [3.8, 4) is 5.75 Å². The summed E-state index contributed by atoms with van der Waals surface area (Å²) in [6, 6.07) is 5.57. The lowest BCUT2D eigenvalue weighted by Crippen LogP contribution is -2.15. The third-order valence-electron chi connectivity index (χ3n) is 2.77. The first-order valence-corrected chi connectivity index (χ1v) is 7.57. The minimum absolute atomic E-state index is 0.0191. The molecule has 0 N–H and O–H groups in total. The third kappa shape index (κ3) is 8.11. The Morgan fingerprint density at radius 2 is 1.62 bits per heavy atom. The molecule has 0 saturated heterocycles. The van der Waals surface area contributed by atoms with Gasteiger partial charge in [-0.3, -0.25) is 19.7 Å². The van der Waals surface area contributed by atoms with Gasteiger partial charge in [0.15, 0.2) is 0 Å². The Labute approximate surface area is 139 Å². The SMILES string of the molecule is CC(C)COC(=O)CCC(=O)OCCOc1ccc([N+](=O)[O-])cc1. The number of hydrogen-bond donors (Lipinski definition) is 0. The van der Waals surface area contributed by atoms with E-state index in [9.17, 15) is 19.7 Å². The number of nitro benzene ring substituents is 1. The van der Waals surface area contributed by atoms with E-state index < -0.39 is 16.9 Å². The van der Waals surface area contributed by atoms with Crippen LogP contribution in [-0.2, 0) is 19.1 Å². The van der Waals surface area contributed by atoms with Gasteiger partial charge in [0, 0.05) is 12.1 Å². The zero-order valence-corrected chi connectivity index (χ0v) is 13.7. The van der Waals surface area contributed by atoms with Crippen LogP contribution in [0, 0.1) is 16.0 Å². The summed E-state index contributed by atoms with van der Waals surface area (Å²) in [7, 11) is 0.